The van der Waals surface area contributed by atoms with Crippen LogP contribution in [0.4, 0.5) is 24.7 Å². The average molecular weight is 467 g/mol. The van der Waals surface area contributed by atoms with Crippen molar-refractivity contribution >= 4 is 28.5 Å². The molecule has 0 bridgehead atoms. The Hall–Kier alpha value is -4.08. The molecule has 3 heterocycles. The quantitative estimate of drug-likeness (QED) is 0.395. The van der Waals surface area contributed by atoms with E-state index >= 15 is 0 Å². The maximum atomic E-state index is 13.5. The second-order valence-electron chi connectivity index (χ2n) is 7.98. The topological polar surface area (TPSA) is 92.1 Å². The molecule has 0 unspecified atom stereocenters. The van der Waals surface area contributed by atoms with Crippen molar-refractivity contribution < 1.29 is 23.1 Å². The zero-order valence-corrected chi connectivity index (χ0v) is 18.3. The van der Waals surface area contributed by atoms with Crippen LogP contribution >= 0.6 is 0 Å². The number of carboxylic acids is 1. The third-order valence-corrected chi connectivity index (χ3v) is 4.96. The van der Waals surface area contributed by atoms with E-state index < -0.39 is 23.5 Å². The minimum Gasteiger partial charge on any atom is -0.475 e. The fourth-order valence-electron chi connectivity index (χ4n) is 3.55. The Morgan fingerprint density at radius 1 is 1.00 bits per heavy atom. The molecule has 0 atom stereocenters. The number of hydrogen-bond donors (Lipinski definition) is 1. The lowest BCUT2D eigenvalue weighted by molar-refractivity contribution is -0.137. The van der Waals surface area contributed by atoms with E-state index in [2.05, 4.69) is 19.9 Å². The third-order valence-electron chi connectivity index (χ3n) is 4.96. The second-order valence-corrected chi connectivity index (χ2v) is 7.98. The van der Waals surface area contributed by atoms with Gasteiger partial charge in [0.2, 0.25) is 5.82 Å². The Kier molecular flexibility index (Phi) is 6.14. The summed E-state index contributed by atoms with van der Waals surface area (Å²) < 4.78 is 40.6. The number of hydrogen-bond acceptors (Lipinski definition) is 6. The smallest absolute Gasteiger partial charge is 0.418 e. The lowest BCUT2D eigenvalue weighted by Gasteiger charge is -2.27. The molecule has 174 valence electrons. The van der Waals surface area contributed by atoms with E-state index in [0.29, 0.717) is 17.7 Å². The Bertz CT molecular complexity index is 1340. The molecule has 4 aromatic rings. The van der Waals surface area contributed by atoms with Gasteiger partial charge in [-0.2, -0.15) is 13.2 Å². The van der Waals surface area contributed by atoms with E-state index in [1.165, 1.54) is 18.3 Å². The number of aromatic nitrogens is 4. The van der Waals surface area contributed by atoms with Gasteiger partial charge in [0.25, 0.3) is 0 Å². The molecule has 0 saturated heterocycles. The molecule has 0 amide bonds. The van der Waals surface area contributed by atoms with Crippen LogP contribution in [0.25, 0.3) is 22.4 Å². The number of para-hydroxylation sites is 1. The highest BCUT2D eigenvalue weighted by Gasteiger charge is 2.34. The summed E-state index contributed by atoms with van der Waals surface area (Å²) in [4.78, 5) is 30.1. The number of carbonyl (C=O) groups is 1. The van der Waals surface area contributed by atoms with Gasteiger partial charge < -0.3 is 10.0 Å². The molecule has 4 rings (SSSR count). The van der Waals surface area contributed by atoms with Crippen molar-refractivity contribution in [1.82, 2.24) is 19.9 Å². The molecule has 0 fully saturated rings. The summed E-state index contributed by atoms with van der Waals surface area (Å²) in [6.07, 6.45) is -3.39. The van der Waals surface area contributed by atoms with Crippen molar-refractivity contribution in [2.45, 2.75) is 20.0 Å². The Morgan fingerprint density at radius 2 is 1.74 bits per heavy atom. The fraction of sp³-hybridized carbons (Fsp3) is 0.208. The summed E-state index contributed by atoms with van der Waals surface area (Å²) in [7, 11) is 0. The van der Waals surface area contributed by atoms with Crippen LogP contribution < -0.4 is 4.90 Å². The summed E-state index contributed by atoms with van der Waals surface area (Å²) in [6, 6.07) is 14.3. The fourth-order valence-corrected chi connectivity index (χ4v) is 3.55. The second kappa shape index (κ2) is 9.05. The summed E-state index contributed by atoms with van der Waals surface area (Å²) in [5.74, 6) is -1.39. The Morgan fingerprint density at radius 3 is 2.38 bits per heavy atom. The first-order valence-electron chi connectivity index (χ1n) is 10.4. The van der Waals surface area contributed by atoms with Crippen LogP contribution in [0.15, 0.2) is 60.8 Å². The first-order chi connectivity index (χ1) is 16.1. The number of pyridine rings is 2. The van der Waals surface area contributed by atoms with Gasteiger partial charge in [0.05, 0.1) is 16.6 Å². The van der Waals surface area contributed by atoms with Gasteiger partial charge >= 0.3 is 12.1 Å². The lowest BCUT2D eigenvalue weighted by atomic mass is 10.1. The predicted molar refractivity (Wildman–Crippen MR) is 121 cm³/mol. The maximum Gasteiger partial charge on any atom is 0.418 e. The van der Waals surface area contributed by atoms with Crippen LogP contribution in [0.5, 0.6) is 0 Å². The molecule has 3 aromatic heterocycles. The highest BCUT2D eigenvalue weighted by atomic mass is 19.4. The number of alkyl halides is 3. The zero-order chi connectivity index (χ0) is 24.5. The molecule has 1 aromatic carbocycles. The lowest BCUT2D eigenvalue weighted by Crippen LogP contribution is -2.25. The van der Waals surface area contributed by atoms with Crippen LogP contribution in [0.1, 0.15) is 30.0 Å². The first-order valence-corrected chi connectivity index (χ1v) is 10.4. The van der Waals surface area contributed by atoms with Crippen molar-refractivity contribution in [1.29, 1.82) is 0 Å². The molecule has 0 saturated carbocycles. The van der Waals surface area contributed by atoms with Gasteiger partial charge in [-0.3, -0.25) is 4.98 Å². The van der Waals surface area contributed by atoms with E-state index in [-0.39, 0.29) is 23.0 Å². The average Bonchev–Trinajstić information content (AvgIpc) is 2.81. The molecule has 10 heteroatoms. The molecule has 1 N–H and O–H groups in total. The van der Waals surface area contributed by atoms with Crippen LogP contribution in [-0.2, 0) is 6.18 Å². The minimum atomic E-state index is -4.63. The van der Waals surface area contributed by atoms with E-state index in [9.17, 15) is 23.1 Å². The zero-order valence-electron chi connectivity index (χ0n) is 18.3. The van der Waals surface area contributed by atoms with Crippen molar-refractivity contribution in [3.05, 3.63) is 72.2 Å². The summed E-state index contributed by atoms with van der Waals surface area (Å²) in [6.45, 7) is 4.52. The van der Waals surface area contributed by atoms with Crippen molar-refractivity contribution in [3.63, 3.8) is 0 Å². The number of aromatic carboxylic acids is 1. The molecule has 0 aliphatic heterocycles. The molecule has 7 nitrogen and oxygen atoms in total. The Balaban J connectivity index is 1.96. The van der Waals surface area contributed by atoms with Gasteiger partial charge in [0.1, 0.15) is 11.5 Å². The van der Waals surface area contributed by atoms with E-state index in [0.717, 1.165) is 11.8 Å². The van der Waals surface area contributed by atoms with Gasteiger partial charge in [-0.25, -0.2) is 19.7 Å². The first kappa shape index (κ1) is 23.1. The maximum absolute atomic E-state index is 13.5. The van der Waals surface area contributed by atoms with E-state index in [4.69, 9.17) is 0 Å². The van der Waals surface area contributed by atoms with Crippen molar-refractivity contribution in [3.8, 4) is 11.4 Å². The van der Waals surface area contributed by atoms with Crippen LogP contribution in [-0.4, -0.2) is 37.6 Å². The minimum absolute atomic E-state index is 0.0386. The molecule has 0 radical (unpaired) electrons. The van der Waals surface area contributed by atoms with Crippen LogP contribution in [0.3, 0.4) is 0 Å². The number of benzene rings is 1. The number of halogens is 3. The van der Waals surface area contributed by atoms with Crippen molar-refractivity contribution in [2.75, 3.05) is 11.4 Å². The molecular weight excluding hydrogens is 447 g/mol. The summed E-state index contributed by atoms with van der Waals surface area (Å²) in [5, 5.41) is 10.0. The van der Waals surface area contributed by atoms with Gasteiger partial charge in [0.15, 0.2) is 5.65 Å². The van der Waals surface area contributed by atoms with Gasteiger partial charge in [0, 0.05) is 18.4 Å². The largest absolute Gasteiger partial charge is 0.475 e. The highest BCUT2D eigenvalue weighted by Crippen LogP contribution is 2.36. The molecule has 34 heavy (non-hydrogen) atoms. The molecular formula is C24H20F3N5O2. The number of anilines is 2. The Labute approximate surface area is 193 Å². The predicted octanol–water partition coefficient (Wildman–Crippen LogP) is 5.60. The van der Waals surface area contributed by atoms with Gasteiger partial charge in [-0.1, -0.05) is 32.0 Å². The molecule has 0 aliphatic carbocycles. The highest BCUT2D eigenvalue weighted by molar-refractivity contribution is 5.94. The number of nitrogens with zero attached hydrogens (tertiary/aromatic N) is 5. The standard InChI is InChI=1S/C24H20F3N5O2/c1-14(2)13-32(15-7-4-3-5-8-15)22-16-10-11-18(29-20(16)30-21(31-22)23(33)34)19-17(24(25,26)27)9-6-12-28-19/h3-12,14H,13H2,1-2H3,(H,33,34). The van der Waals surface area contributed by atoms with Gasteiger partial charge in [-0.15, -0.1) is 0 Å². The van der Waals surface area contributed by atoms with Crippen LogP contribution in [0, 0.1) is 5.92 Å². The molecule has 0 aliphatic rings. The normalized spacial score (nSPS) is 11.7. The van der Waals surface area contributed by atoms with Crippen molar-refractivity contribution in [2.24, 2.45) is 5.92 Å². The number of fused-ring (bicyclic) bond motifs is 1. The number of rotatable bonds is 6. The third kappa shape index (κ3) is 4.66. The van der Waals surface area contributed by atoms with Gasteiger partial charge in [-0.05, 0) is 42.3 Å². The SMILES string of the molecule is CC(C)CN(c1ccccc1)c1nc(C(=O)O)nc2nc(-c3ncccc3C(F)(F)F)ccc12. The number of carboxylic acid groups (broad SMARTS) is 1. The van der Waals surface area contributed by atoms with E-state index in [1.807, 2.05) is 49.1 Å². The molecule has 0 spiro atoms. The summed E-state index contributed by atoms with van der Waals surface area (Å²) >= 11 is 0. The van der Waals surface area contributed by atoms with E-state index in [1.54, 1.807) is 6.07 Å². The van der Waals surface area contributed by atoms with Crippen LogP contribution in [0.2, 0.25) is 0 Å². The summed E-state index contributed by atoms with van der Waals surface area (Å²) in [5.41, 5.74) is -0.642. The monoisotopic (exact) mass is 467 g/mol.